The van der Waals surface area contributed by atoms with E-state index in [9.17, 15) is 9.59 Å². The molecule has 1 aromatic heterocycles. The first-order valence-electron chi connectivity index (χ1n) is 10.3. The SMILES string of the molecule is Cc1ccc(C(=O)CCC(=O)N2CCN(Cc3csc(C(C)(C)C)n3)CC2)cc1. The minimum Gasteiger partial charge on any atom is -0.340 e. The fourth-order valence-corrected chi connectivity index (χ4v) is 4.27. The highest BCUT2D eigenvalue weighted by Crippen LogP contribution is 2.26. The van der Waals surface area contributed by atoms with Gasteiger partial charge >= 0.3 is 0 Å². The van der Waals surface area contributed by atoms with E-state index in [1.54, 1.807) is 11.3 Å². The number of rotatable bonds is 6. The van der Waals surface area contributed by atoms with Gasteiger partial charge in [0.15, 0.2) is 5.78 Å². The normalized spacial score (nSPS) is 15.5. The Labute approximate surface area is 177 Å². The van der Waals surface area contributed by atoms with E-state index >= 15 is 0 Å². The summed E-state index contributed by atoms with van der Waals surface area (Å²) in [4.78, 5) is 33.8. The molecule has 2 aromatic rings. The van der Waals surface area contributed by atoms with Crippen LogP contribution in [0.5, 0.6) is 0 Å². The lowest BCUT2D eigenvalue weighted by Gasteiger charge is -2.34. The number of hydrogen-bond acceptors (Lipinski definition) is 5. The number of carbonyl (C=O) groups excluding carboxylic acids is 2. The molecule has 0 saturated carbocycles. The number of carbonyl (C=O) groups is 2. The van der Waals surface area contributed by atoms with Crippen LogP contribution in [0.25, 0.3) is 0 Å². The smallest absolute Gasteiger partial charge is 0.223 e. The Morgan fingerprint density at radius 1 is 1.03 bits per heavy atom. The summed E-state index contributed by atoms with van der Waals surface area (Å²) in [6, 6.07) is 7.54. The van der Waals surface area contributed by atoms with Gasteiger partial charge in [0, 0.05) is 61.9 Å². The van der Waals surface area contributed by atoms with Crippen LogP contribution in [0.15, 0.2) is 29.6 Å². The Bertz CT molecular complexity index is 844. The first kappa shape index (κ1) is 21.7. The number of amides is 1. The van der Waals surface area contributed by atoms with Crippen LogP contribution in [-0.2, 0) is 16.8 Å². The fraction of sp³-hybridized carbons (Fsp3) is 0.522. The maximum absolute atomic E-state index is 12.5. The van der Waals surface area contributed by atoms with Crippen LogP contribution in [0.3, 0.4) is 0 Å². The Hall–Kier alpha value is -2.05. The molecule has 1 aromatic carbocycles. The highest BCUT2D eigenvalue weighted by atomic mass is 32.1. The summed E-state index contributed by atoms with van der Waals surface area (Å²) in [6.45, 7) is 12.5. The quantitative estimate of drug-likeness (QED) is 0.670. The van der Waals surface area contributed by atoms with Crippen LogP contribution >= 0.6 is 11.3 Å². The van der Waals surface area contributed by atoms with E-state index in [1.165, 1.54) is 5.01 Å². The molecule has 0 aliphatic carbocycles. The van der Waals surface area contributed by atoms with Crippen LogP contribution in [0.4, 0.5) is 0 Å². The molecule has 0 atom stereocenters. The third kappa shape index (κ3) is 5.97. The topological polar surface area (TPSA) is 53.5 Å². The number of thiazole rings is 1. The highest BCUT2D eigenvalue weighted by molar-refractivity contribution is 7.09. The molecule has 0 unspecified atom stereocenters. The van der Waals surface area contributed by atoms with E-state index in [1.807, 2.05) is 36.1 Å². The van der Waals surface area contributed by atoms with E-state index in [-0.39, 0.29) is 29.9 Å². The van der Waals surface area contributed by atoms with E-state index < -0.39 is 0 Å². The van der Waals surface area contributed by atoms with Crippen molar-refractivity contribution < 1.29 is 9.59 Å². The molecule has 1 aliphatic rings. The van der Waals surface area contributed by atoms with Crippen LogP contribution in [0.2, 0.25) is 0 Å². The number of Topliss-reactive ketones (excluding diaryl/α,β-unsaturated/α-hetero) is 1. The zero-order valence-electron chi connectivity index (χ0n) is 17.9. The lowest BCUT2D eigenvalue weighted by Crippen LogP contribution is -2.48. The summed E-state index contributed by atoms with van der Waals surface area (Å²) in [7, 11) is 0. The molecule has 0 spiro atoms. The first-order chi connectivity index (χ1) is 13.7. The number of nitrogens with zero attached hydrogens (tertiary/aromatic N) is 3. The highest BCUT2D eigenvalue weighted by Gasteiger charge is 2.23. The molecular weight excluding hydrogens is 382 g/mol. The van der Waals surface area contributed by atoms with Gasteiger partial charge in [-0.25, -0.2) is 4.98 Å². The number of hydrogen-bond donors (Lipinski definition) is 0. The van der Waals surface area contributed by atoms with E-state index in [0.29, 0.717) is 18.7 Å². The van der Waals surface area contributed by atoms with Gasteiger partial charge in [-0.15, -0.1) is 11.3 Å². The Morgan fingerprint density at radius 3 is 2.28 bits per heavy atom. The van der Waals surface area contributed by atoms with Gasteiger partial charge in [-0.05, 0) is 6.92 Å². The number of piperazine rings is 1. The molecule has 2 heterocycles. The zero-order valence-corrected chi connectivity index (χ0v) is 18.7. The van der Waals surface area contributed by atoms with Crippen molar-refractivity contribution in [2.75, 3.05) is 26.2 Å². The van der Waals surface area contributed by atoms with E-state index in [4.69, 9.17) is 4.98 Å². The maximum Gasteiger partial charge on any atom is 0.223 e. The molecule has 1 fully saturated rings. The summed E-state index contributed by atoms with van der Waals surface area (Å²) >= 11 is 1.72. The summed E-state index contributed by atoms with van der Waals surface area (Å²) in [5.41, 5.74) is 3.02. The molecule has 3 rings (SSSR count). The second-order valence-electron chi connectivity index (χ2n) is 8.84. The molecule has 5 nitrogen and oxygen atoms in total. The molecule has 0 N–H and O–H groups in total. The number of aromatic nitrogens is 1. The number of ketones is 1. The van der Waals surface area contributed by atoms with Crippen molar-refractivity contribution >= 4 is 23.0 Å². The van der Waals surface area contributed by atoms with E-state index in [2.05, 4.69) is 31.1 Å². The third-order valence-corrected chi connectivity index (χ3v) is 6.56. The Kier molecular flexibility index (Phi) is 6.85. The van der Waals surface area contributed by atoms with Crippen LogP contribution < -0.4 is 0 Å². The average molecular weight is 414 g/mol. The maximum atomic E-state index is 12.5. The molecule has 1 amide bonds. The van der Waals surface area contributed by atoms with Gasteiger partial charge in [0.1, 0.15) is 0 Å². The van der Waals surface area contributed by atoms with Gasteiger partial charge in [-0.3, -0.25) is 14.5 Å². The third-order valence-electron chi connectivity index (χ3n) is 5.24. The predicted octanol–water partition coefficient (Wildman–Crippen LogP) is 4.06. The molecule has 1 aliphatic heterocycles. The summed E-state index contributed by atoms with van der Waals surface area (Å²) < 4.78 is 0. The summed E-state index contributed by atoms with van der Waals surface area (Å²) in [5, 5.41) is 3.31. The second-order valence-corrected chi connectivity index (χ2v) is 9.70. The minimum atomic E-state index is 0.0372. The lowest BCUT2D eigenvalue weighted by molar-refractivity contribution is -0.133. The molecule has 0 bridgehead atoms. The molecule has 29 heavy (non-hydrogen) atoms. The van der Waals surface area contributed by atoms with Crippen molar-refractivity contribution in [3.63, 3.8) is 0 Å². The molecular formula is C23H31N3O2S. The lowest BCUT2D eigenvalue weighted by atomic mass is 9.98. The van der Waals surface area contributed by atoms with Crippen molar-refractivity contribution in [2.45, 2.75) is 52.5 Å². The van der Waals surface area contributed by atoms with Gasteiger partial charge in [0.25, 0.3) is 0 Å². The van der Waals surface area contributed by atoms with Crippen LogP contribution in [-0.4, -0.2) is 52.7 Å². The van der Waals surface area contributed by atoms with Gasteiger partial charge in [-0.1, -0.05) is 50.6 Å². The predicted molar refractivity (Wildman–Crippen MR) is 117 cm³/mol. The molecule has 6 heteroatoms. The fourth-order valence-electron chi connectivity index (χ4n) is 3.37. The zero-order chi connectivity index (χ0) is 21.0. The standard InChI is InChI=1S/C23H31N3O2S/c1-17-5-7-18(8-6-17)20(27)9-10-21(28)26-13-11-25(12-14-26)15-19-16-29-22(24-19)23(2,3)4/h5-8,16H,9-15H2,1-4H3. The van der Waals surface area contributed by atoms with Gasteiger partial charge in [0.2, 0.25) is 5.91 Å². The molecule has 0 radical (unpaired) electrons. The summed E-state index contributed by atoms with van der Waals surface area (Å²) in [5.74, 6) is 0.115. The number of benzene rings is 1. The van der Waals surface area contributed by atoms with E-state index in [0.717, 1.165) is 30.9 Å². The summed E-state index contributed by atoms with van der Waals surface area (Å²) in [6.07, 6.45) is 0.560. The van der Waals surface area contributed by atoms with Gasteiger partial charge in [-0.2, -0.15) is 0 Å². The molecule has 156 valence electrons. The van der Waals surface area contributed by atoms with Crippen molar-refractivity contribution in [3.8, 4) is 0 Å². The Morgan fingerprint density at radius 2 is 1.69 bits per heavy atom. The molecule has 1 saturated heterocycles. The van der Waals surface area contributed by atoms with Crippen molar-refractivity contribution in [1.29, 1.82) is 0 Å². The first-order valence-corrected chi connectivity index (χ1v) is 11.2. The average Bonchev–Trinajstić information content (AvgIpc) is 3.16. The number of aryl methyl sites for hydroxylation is 1. The second kappa shape index (κ2) is 9.18. The Balaban J connectivity index is 1.43. The van der Waals surface area contributed by atoms with Crippen LogP contribution in [0.1, 0.15) is 60.2 Å². The van der Waals surface area contributed by atoms with Crippen LogP contribution in [0, 0.1) is 6.92 Å². The van der Waals surface area contributed by atoms with Crippen molar-refractivity contribution in [1.82, 2.24) is 14.8 Å². The largest absolute Gasteiger partial charge is 0.340 e. The van der Waals surface area contributed by atoms with Crippen molar-refractivity contribution in [3.05, 3.63) is 51.5 Å². The van der Waals surface area contributed by atoms with Crippen molar-refractivity contribution in [2.24, 2.45) is 0 Å². The van der Waals surface area contributed by atoms with Gasteiger partial charge in [0.05, 0.1) is 10.7 Å². The minimum absolute atomic E-state index is 0.0372. The monoisotopic (exact) mass is 413 g/mol. The van der Waals surface area contributed by atoms with Gasteiger partial charge < -0.3 is 4.90 Å².